The number of carbonyl (C=O) groups is 1. The number of ether oxygens (including phenoxy) is 1. The van der Waals surface area contributed by atoms with Crippen LogP contribution in [0, 0.1) is 0 Å². The van der Waals surface area contributed by atoms with E-state index in [1.807, 2.05) is 24.3 Å². The van der Waals surface area contributed by atoms with Crippen LogP contribution in [0.5, 0.6) is 5.75 Å². The fraction of sp³-hybridized carbons (Fsp3) is 0.421. The molecule has 1 atom stereocenters. The molecular formula is C19H25N3O2S. The zero-order valence-electron chi connectivity index (χ0n) is 14.5. The maximum absolute atomic E-state index is 12.2. The zero-order valence-corrected chi connectivity index (χ0v) is 15.3. The van der Waals surface area contributed by atoms with E-state index >= 15 is 0 Å². The van der Waals surface area contributed by atoms with Gasteiger partial charge >= 0.3 is 6.03 Å². The molecule has 0 spiro atoms. The predicted molar refractivity (Wildman–Crippen MR) is 101 cm³/mol. The first-order chi connectivity index (χ1) is 12.3. The Kier molecular flexibility index (Phi) is 6.30. The van der Waals surface area contributed by atoms with Crippen molar-refractivity contribution in [3.8, 4) is 5.75 Å². The van der Waals surface area contributed by atoms with Crippen molar-refractivity contribution < 1.29 is 9.53 Å². The molecule has 2 aromatic rings. The number of urea groups is 1. The van der Waals surface area contributed by atoms with E-state index in [2.05, 4.69) is 33.0 Å². The van der Waals surface area contributed by atoms with Crippen molar-refractivity contribution in [1.82, 2.24) is 15.5 Å². The van der Waals surface area contributed by atoms with Gasteiger partial charge in [-0.05, 0) is 55.1 Å². The highest BCUT2D eigenvalue weighted by Crippen LogP contribution is 2.27. The minimum Gasteiger partial charge on any atom is -0.497 e. The summed E-state index contributed by atoms with van der Waals surface area (Å²) in [6, 6.07) is 12.1. The van der Waals surface area contributed by atoms with Crippen LogP contribution in [-0.2, 0) is 6.54 Å². The van der Waals surface area contributed by atoms with Gasteiger partial charge in [0.1, 0.15) is 5.75 Å². The summed E-state index contributed by atoms with van der Waals surface area (Å²) in [5.74, 6) is 0.798. The standard InChI is InChI=1S/C19H25N3O2S/c1-24-16-7-4-6-15(12-16)13-20-19(23)21-14-17(18-8-5-11-25-18)22-9-2-3-10-22/h4-8,11-12,17H,2-3,9-10,13-14H2,1H3,(H2,20,21,23). The Morgan fingerprint density at radius 1 is 1.24 bits per heavy atom. The predicted octanol–water partition coefficient (Wildman–Crippen LogP) is 3.39. The van der Waals surface area contributed by atoms with Gasteiger partial charge in [0, 0.05) is 18.0 Å². The van der Waals surface area contributed by atoms with E-state index in [4.69, 9.17) is 4.74 Å². The van der Waals surface area contributed by atoms with Crippen molar-refractivity contribution in [1.29, 1.82) is 0 Å². The number of nitrogens with one attached hydrogen (secondary N) is 2. The van der Waals surface area contributed by atoms with Gasteiger partial charge < -0.3 is 15.4 Å². The molecule has 1 saturated heterocycles. The van der Waals surface area contributed by atoms with Gasteiger partial charge in [0.25, 0.3) is 0 Å². The molecule has 5 nitrogen and oxygen atoms in total. The molecule has 0 radical (unpaired) electrons. The first kappa shape index (κ1) is 17.8. The topological polar surface area (TPSA) is 53.6 Å². The van der Waals surface area contributed by atoms with Gasteiger partial charge in [0.05, 0.1) is 13.2 Å². The number of methoxy groups -OCH3 is 1. The van der Waals surface area contributed by atoms with Gasteiger partial charge in [-0.2, -0.15) is 0 Å². The van der Waals surface area contributed by atoms with Crippen LogP contribution in [0.4, 0.5) is 4.79 Å². The highest BCUT2D eigenvalue weighted by molar-refractivity contribution is 7.10. The molecule has 1 aliphatic heterocycles. The normalized spacial score (nSPS) is 15.7. The van der Waals surface area contributed by atoms with Crippen LogP contribution in [0.25, 0.3) is 0 Å². The third-order valence-corrected chi connectivity index (χ3v) is 5.47. The summed E-state index contributed by atoms with van der Waals surface area (Å²) in [5, 5.41) is 8.05. The number of likely N-dealkylation sites (tertiary alicyclic amines) is 1. The van der Waals surface area contributed by atoms with Crippen molar-refractivity contribution in [3.05, 3.63) is 52.2 Å². The minimum absolute atomic E-state index is 0.136. The van der Waals surface area contributed by atoms with E-state index in [9.17, 15) is 4.79 Å². The summed E-state index contributed by atoms with van der Waals surface area (Å²) >= 11 is 1.76. The Morgan fingerprint density at radius 3 is 2.80 bits per heavy atom. The molecule has 1 aromatic heterocycles. The number of rotatable bonds is 7. The number of benzene rings is 1. The summed E-state index contributed by atoms with van der Waals surface area (Å²) in [6.45, 7) is 3.33. The van der Waals surface area contributed by atoms with Crippen molar-refractivity contribution >= 4 is 17.4 Å². The monoisotopic (exact) mass is 359 g/mol. The van der Waals surface area contributed by atoms with Gasteiger partial charge in [0.15, 0.2) is 0 Å². The zero-order chi connectivity index (χ0) is 17.5. The average molecular weight is 359 g/mol. The largest absolute Gasteiger partial charge is 0.497 e. The molecule has 25 heavy (non-hydrogen) atoms. The Labute approximate surface area is 153 Å². The maximum atomic E-state index is 12.2. The number of amides is 2. The molecular weight excluding hydrogens is 334 g/mol. The van der Waals surface area contributed by atoms with Crippen molar-refractivity contribution in [2.24, 2.45) is 0 Å². The van der Waals surface area contributed by atoms with E-state index < -0.39 is 0 Å². The summed E-state index contributed by atoms with van der Waals surface area (Å²) < 4.78 is 5.21. The molecule has 6 heteroatoms. The second kappa shape index (κ2) is 8.87. The van der Waals surface area contributed by atoms with Crippen LogP contribution < -0.4 is 15.4 Å². The van der Waals surface area contributed by atoms with Gasteiger partial charge in [-0.3, -0.25) is 4.90 Å². The van der Waals surface area contributed by atoms with Crippen molar-refractivity contribution in [2.45, 2.75) is 25.4 Å². The van der Waals surface area contributed by atoms with Crippen LogP contribution in [0.1, 0.15) is 29.3 Å². The van der Waals surface area contributed by atoms with E-state index in [-0.39, 0.29) is 12.1 Å². The maximum Gasteiger partial charge on any atom is 0.315 e. The van der Waals surface area contributed by atoms with E-state index in [1.54, 1.807) is 18.4 Å². The van der Waals surface area contributed by atoms with Crippen molar-refractivity contribution in [2.75, 3.05) is 26.7 Å². The molecule has 2 heterocycles. The molecule has 0 saturated carbocycles. The van der Waals surface area contributed by atoms with Gasteiger partial charge in [-0.25, -0.2) is 4.79 Å². The molecule has 0 aliphatic carbocycles. The van der Waals surface area contributed by atoms with E-state index in [0.717, 1.165) is 24.4 Å². The molecule has 1 fully saturated rings. The molecule has 3 rings (SSSR count). The average Bonchev–Trinajstić information content (AvgIpc) is 3.35. The Morgan fingerprint density at radius 2 is 2.08 bits per heavy atom. The summed E-state index contributed by atoms with van der Waals surface area (Å²) in [5.41, 5.74) is 1.02. The fourth-order valence-corrected chi connectivity index (χ4v) is 4.02. The highest BCUT2D eigenvalue weighted by atomic mass is 32.1. The van der Waals surface area contributed by atoms with Crippen LogP contribution in [0.2, 0.25) is 0 Å². The Hall–Kier alpha value is -2.05. The van der Waals surface area contributed by atoms with Crippen LogP contribution >= 0.6 is 11.3 Å². The number of carbonyl (C=O) groups excluding carboxylic acids is 1. The Balaban J connectivity index is 1.51. The van der Waals surface area contributed by atoms with E-state index in [0.29, 0.717) is 13.1 Å². The summed E-state index contributed by atoms with van der Waals surface area (Å²) in [6.07, 6.45) is 2.48. The third-order valence-electron chi connectivity index (χ3n) is 4.50. The second-order valence-corrected chi connectivity index (χ2v) is 7.17. The lowest BCUT2D eigenvalue weighted by Crippen LogP contribution is -2.41. The number of hydrogen-bond acceptors (Lipinski definition) is 4. The lowest BCUT2D eigenvalue weighted by molar-refractivity contribution is 0.222. The summed E-state index contributed by atoms with van der Waals surface area (Å²) in [7, 11) is 1.64. The number of nitrogens with zero attached hydrogens (tertiary/aromatic N) is 1. The van der Waals surface area contributed by atoms with Gasteiger partial charge in [-0.15, -0.1) is 11.3 Å². The molecule has 2 N–H and O–H groups in total. The quantitative estimate of drug-likeness (QED) is 0.797. The van der Waals surface area contributed by atoms with E-state index in [1.165, 1.54) is 17.7 Å². The van der Waals surface area contributed by atoms with Crippen LogP contribution in [0.15, 0.2) is 41.8 Å². The SMILES string of the molecule is COc1cccc(CNC(=O)NCC(c2cccs2)N2CCCC2)c1. The van der Waals surface area contributed by atoms with Gasteiger partial charge in [-0.1, -0.05) is 18.2 Å². The first-order valence-electron chi connectivity index (χ1n) is 8.68. The fourth-order valence-electron chi connectivity index (χ4n) is 3.16. The number of thiophene rings is 1. The molecule has 1 unspecified atom stereocenters. The second-order valence-electron chi connectivity index (χ2n) is 6.19. The highest BCUT2D eigenvalue weighted by Gasteiger charge is 2.24. The van der Waals surface area contributed by atoms with Crippen LogP contribution in [-0.4, -0.2) is 37.7 Å². The van der Waals surface area contributed by atoms with Crippen LogP contribution in [0.3, 0.4) is 0 Å². The lowest BCUT2D eigenvalue weighted by Gasteiger charge is -2.27. The lowest BCUT2D eigenvalue weighted by atomic mass is 10.2. The molecule has 1 aliphatic rings. The number of hydrogen-bond donors (Lipinski definition) is 2. The smallest absolute Gasteiger partial charge is 0.315 e. The minimum atomic E-state index is -0.136. The third kappa shape index (κ3) is 4.96. The molecule has 1 aromatic carbocycles. The first-order valence-corrected chi connectivity index (χ1v) is 9.56. The molecule has 2 amide bonds. The molecule has 0 bridgehead atoms. The van der Waals surface area contributed by atoms with Crippen molar-refractivity contribution in [3.63, 3.8) is 0 Å². The Bertz CT molecular complexity index is 669. The van der Waals surface area contributed by atoms with Gasteiger partial charge in [0.2, 0.25) is 0 Å². The molecule has 134 valence electrons. The summed E-state index contributed by atoms with van der Waals surface area (Å²) in [4.78, 5) is 16.0.